The van der Waals surface area contributed by atoms with Crippen molar-refractivity contribution >= 4 is 17.9 Å². The number of ether oxygens (including phenoxy) is 1. The number of rotatable bonds is 3. The van der Waals surface area contributed by atoms with Crippen LogP contribution in [0.15, 0.2) is 24.5 Å². The van der Waals surface area contributed by atoms with Crippen LogP contribution in [0.4, 0.5) is 4.79 Å². The van der Waals surface area contributed by atoms with Gasteiger partial charge < -0.3 is 19.4 Å². The third-order valence-electron chi connectivity index (χ3n) is 4.71. The number of carbonyl (C=O) groups is 3. The van der Waals surface area contributed by atoms with Crippen LogP contribution < -0.4 is 0 Å². The fraction of sp³-hybridized carbons (Fsp3) is 0.529. The van der Waals surface area contributed by atoms with Crippen LogP contribution in [0.2, 0.25) is 0 Å². The average Bonchev–Trinajstić information content (AvgIpc) is 3.02. The van der Waals surface area contributed by atoms with E-state index in [1.165, 1.54) is 7.11 Å². The zero-order chi connectivity index (χ0) is 17.8. The van der Waals surface area contributed by atoms with Gasteiger partial charge in [0, 0.05) is 58.1 Å². The lowest BCUT2D eigenvalue weighted by Gasteiger charge is -2.35. The van der Waals surface area contributed by atoms with Gasteiger partial charge in [0.25, 0.3) is 0 Å². The molecule has 25 heavy (non-hydrogen) atoms. The molecule has 1 aromatic rings. The molecule has 0 aliphatic carbocycles. The topological polar surface area (TPSA) is 83.0 Å². The van der Waals surface area contributed by atoms with Crippen LogP contribution in [0.5, 0.6) is 0 Å². The summed E-state index contributed by atoms with van der Waals surface area (Å²) in [6, 6.07) is 3.74. The number of pyridine rings is 1. The quantitative estimate of drug-likeness (QED) is 0.788. The SMILES string of the molecule is COC(=O)N1CCN(C(=O)C2CC(=O)N(Cc3ccncc3)C2)CC1. The van der Waals surface area contributed by atoms with Crippen molar-refractivity contribution in [3.63, 3.8) is 0 Å². The van der Waals surface area contributed by atoms with Gasteiger partial charge in [-0.3, -0.25) is 14.6 Å². The summed E-state index contributed by atoms with van der Waals surface area (Å²) in [5.41, 5.74) is 1.00. The normalized spacial score (nSPS) is 20.8. The Balaban J connectivity index is 1.54. The molecule has 0 aromatic carbocycles. The monoisotopic (exact) mass is 346 g/mol. The molecule has 134 valence electrons. The lowest BCUT2D eigenvalue weighted by molar-refractivity contribution is -0.137. The number of hydrogen-bond acceptors (Lipinski definition) is 5. The molecule has 1 unspecified atom stereocenters. The summed E-state index contributed by atoms with van der Waals surface area (Å²) < 4.78 is 4.70. The summed E-state index contributed by atoms with van der Waals surface area (Å²) in [6.07, 6.45) is 3.27. The number of nitrogens with zero attached hydrogens (tertiary/aromatic N) is 4. The summed E-state index contributed by atoms with van der Waals surface area (Å²) in [4.78, 5) is 45.4. The molecule has 2 saturated heterocycles. The van der Waals surface area contributed by atoms with Crippen LogP contribution in [-0.2, 0) is 20.9 Å². The smallest absolute Gasteiger partial charge is 0.409 e. The molecule has 2 aliphatic rings. The van der Waals surface area contributed by atoms with Gasteiger partial charge in [-0.25, -0.2) is 4.79 Å². The zero-order valence-corrected chi connectivity index (χ0v) is 14.3. The fourth-order valence-electron chi connectivity index (χ4n) is 3.30. The summed E-state index contributed by atoms with van der Waals surface area (Å²) in [7, 11) is 1.35. The Morgan fingerprint density at radius 3 is 2.44 bits per heavy atom. The van der Waals surface area contributed by atoms with E-state index in [1.54, 1.807) is 27.1 Å². The minimum atomic E-state index is -0.369. The third kappa shape index (κ3) is 3.89. The summed E-state index contributed by atoms with van der Waals surface area (Å²) >= 11 is 0. The van der Waals surface area contributed by atoms with Gasteiger partial charge in [0.15, 0.2) is 0 Å². The predicted molar refractivity (Wildman–Crippen MR) is 88.3 cm³/mol. The molecule has 1 aromatic heterocycles. The summed E-state index contributed by atoms with van der Waals surface area (Å²) in [5, 5.41) is 0. The van der Waals surface area contributed by atoms with E-state index in [2.05, 4.69) is 4.98 Å². The molecular weight excluding hydrogens is 324 g/mol. The maximum Gasteiger partial charge on any atom is 0.409 e. The van der Waals surface area contributed by atoms with Crippen LogP contribution in [-0.4, -0.2) is 77.4 Å². The Bertz CT molecular complexity index is 643. The molecule has 1 atom stereocenters. The first-order chi connectivity index (χ1) is 12.1. The molecule has 0 N–H and O–H groups in total. The van der Waals surface area contributed by atoms with E-state index in [9.17, 15) is 14.4 Å². The Morgan fingerprint density at radius 1 is 1.16 bits per heavy atom. The highest BCUT2D eigenvalue weighted by Crippen LogP contribution is 2.22. The van der Waals surface area contributed by atoms with Crippen molar-refractivity contribution in [1.82, 2.24) is 19.7 Å². The number of amides is 3. The predicted octanol–water partition coefficient (Wildman–Crippen LogP) is 0.341. The molecule has 3 amide bonds. The van der Waals surface area contributed by atoms with Crippen molar-refractivity contribution in [1.29, 1.82) is 0 Å². The van der Waals surface area contributed by atoms with Crippen molar-refractivity contribution in [2.24, 2.45) is 5.92 Å². The Labute approximate surface area is 146 Å². The minimum absolute atomic E-state index is 0.00311. The van der Waals surface area contributed by atoms with Crippen LogP contribution in [0.1, 0.15) is 12.0 Å². The Hall–Kier alpha value is -2.64. The second kappa shape index (κ2) is 7.50. The number of hydrogen-bond donors (Lipinski definition) is 0. The molecule has 0 saturated carbocycles. The summed E-state index contributed by atoms with van der Waals surface area (Å²) in [6.45, 7) is 2.81. The lowest BCUT2D eigenvalue weighted by atomic mass is 10.1. The molecule has 2 aliphatic heterocycles. The number of piperazine rings is 1. The number of methoxy groups -OCH3 is 1. The van der Waals surface area contributed by atoms with E-state index >= 15 is 0 Å². The van der Waals surface area contributed by atoms with Crippen molar-refractivity contribution in [2.45, 2.75) is 13.0 Å². The first-order valence-electron chi connectivity index (χ1n) is 8.37. The molecule has 2 fully saturated rings. The molecule has 8 heteroatoms. The maximum atomic E-state index is 12.7. The molecule has 3 rings (SSSR count). The van der Waals surface area contributed by atoms with Gasteiger partial charge in [-0.2, -0.15) is 0 Å². The van der Waals surface area contributed by atoms with Gasteiger partial charge in [0.05, 0.1) is 13.0 Å². The molecule has 8 nitrogen and oxygen atoms in total. The Kier molecular flexibility index (Phi) is 5.16. The zero-order valence-electron chi connectivity index (χ0n) is 14.3. The van der Waals surface area contributed by atoms with E-state index < -0.39 is 0 Å². The minimum Gasteiger partial charge on any atom is -0.453 e. The molecule has 0 spiro atoms. The summed E-state index contributed by atoms with van der Waals surface area (Å²) in [5.74, 6) is -0.308. The van der Waals surface area contributed by atoms with Crippen LogP contribution >= 0.6 is 0 Å². The fourth-order valence-corrected chi connectivity index (χ4v) is 3.30. The average molecular weight is 346 g/mol. The number of likely N-dealkylation sites (tertiary alicyclic amines) is 1. The second-order valence-electron chi connectivity index (χ2n) is 6.31. The highest BCUT2D eigenvalue weighted by atomic mass is 16.5. The van der Waals surface area contributed by atoms with E-state index in [0.29, 0.717) is 39.3 Å². The maximum absolute atomic E-state index is 12.7. The molecule has 3 heterocycles. The van der Waals surface area contributed by atoms with E-state index in [0.717, 1.165) is 5.56 Å². The van der Waals surface area contributed by atoms with Gasteiger partial charge in [-0.1, -0.05) is 0 Å². The van der Waals surface area contributed by atoms with E-state index in [1.807, 2.05) is 12.1 Å². The second-order valence-corrected chi connectivity index (χ2v) is 6.31. The van der Waals surface area contributed by atoms with Gasteiger partial charge in [0.1, 0.15) is 0 Å². The van der Waals surface area contributed by atoms with Gasteiger partial charge in [-0.05, 0) is 17.7 Å². The van der Waals surface area contributed by atoms with Gasteiger partial charge in [0.2, 0.25) is 11.8 Å². The van der Waals surface area contributed by atoms with Crippen LogP contribution in [0.25, 0.3) is 0 Å². The first kappa shape index (κ1) is 17.2. The highest BCUT2D eigenvalue weighted by Gasteiger charge is 2.37. The van der Waals surface area contributed by atoms with Crippen molar-refractivity contribution in [2.75, 3.05) is 39.8 Å². The van der Waals surface area contributed by atoms with Gasteiger partial charge in [-0.15, -0.1) is 0 Å². The molecular formula is C17H22N4O4. The number of carbonyl (C=O) groups excluding carboxylic acids is 3. The standard InChI is InChI=1S/C17H22N4O4/c1-25-17(24)20-8-6-19(7-9-20)16(23)14-10-15(22)21(12-14)11-13-2-4-18-5-3-13/h2-5,14H,6-12H2,1H3. The first-order valence-corrected chi connectivity index (χ1v) is 8.37. The van der Waals surface area contributed by atoms with Crippen LogP contribution in [0, 0.1) is 5.92 Å². The van der Waals surface area contributed by atoms with E-state index in [-0.39, 0.29) is 30.2 Å². The molecule has 0 bridgehead atoms. The van der Waals surface area contributed by atoms with E-state index in [4.69, 9.17) is 4.74 Å². The van der Waals surface area contributed by atoms with Crippen molar-refractivity contribution in [3.8, 4) is 0 Å². The molecule has 0 radical (unpaired) electrons. The Morgan fingerprint density at radius 2 is 1.80 bits per heavy atom. The third-order valence-corrected chi connectivity index (χ3v) is 4.71. The lowest BCUT2D eigenvalue weighted by Crippen LogP contribution is -2.52. The highest BCUT2D eigenvalue weighted by molar-refractivity contribution is 5.89. The number of aromatic nitrogens is 1. The van der Waals surface area contributed by atoms with Crippen LogP contribution in [0.3, 0.4) is 0 Å². The van der Waals surface area contributed by atoms with Gasteiger partial charge >= 0.3 is 6.09 Å². The largest absolute Gasteiger partial charge is 0.453 e. The van der Waals surface area contributed by atoms with Crippen molar-refractivity contribution < 1.29 is 19.1 Å². The van der Waals surface area contributed by atoms with Crippen molar-refractivity contribution in [3.05, 3.63) is 30.1 Å².